The molecule has 0 fully saturated rings. The fraction of sp³-hybridized carbons (Fsp3) is 0.0526. The second-order valence-corrected chi connectivity index (χ2v) is 7.25. The monoisotopic (exact) mass is 386 g/mol. The molecule has 0 bridgehead atoms. The summed E-state index contributed by atoms with van der Waals surface area (Å²) in [5.41, 5.74) is 7.87. The molecule has 2 heterocycles. The Morgan fingerprint density at radius 2 is 1.96 bits per heavy atom. The molecule has 0 aliphatic rings. The van der Waals surface area contributed by atoms with Gasteiger partial charge in [-0.05, 0) is 42.0 Å². The third kappa shape index (κ3) is 2.87. The zero-order valence-corrected chi connectivity index (χ0v) is 15.1. The predicted octanol–water partition coefficient (Wildman–Crippen LogP) is 5.42. The van der Waals surface area contributed by atoms with Crippen molar-refractivity contribution in [2.45, 2.75) is 6.92 Å². The molecule has 0 aliphatic heterocycles. The summed E-state index contributed by atoms with van der Waals surface area (Å²) in [5.74, 6) is -0.852. The van der Waals surface area contributed by atoms with Crippen LogP contribution < -0.4 is 5.73 Å². The smallest absolute Gasteiger partial charge is 0.251 e. The number of amides is 1. The number of thiophene rings is 1. The average molecular weight is 387 g/mol. The number of nitrogens with two attached hydrogens (primary N) is 1. The molecule has 4 aromatic rings. The number of carbonyl (C=O) groups excluding carboxylic acids is 1. The summed E-state index contributed by atoms with van der Waals surface area (Å²) in [4.78, 5) is 17.2. The molecule has 0 atom stereocenters. The molecular formula is C19H12ClFN2O2S. The lowest BCUT2D eigenvalue weighted by Crippen LogP contribution is -2.12. The maximum Gasteiger partial charge on any atom is 0.251 e. The van der Waals surface area contributed by atoms with Crippen LogP contribution >= 0.6 is 22.9 Å². The number of hydrogen-bond acceptors (Lipinski definition) is 4. The molecule has 0 aliphatic carbocycles. The molecule has 1 amide bonds. The van der Waals surface area contributed by atoms with Crippen LogP contribution in [0.2, 0.25) is 5.02 Å². The number of rotatable bonds is 3. The minimum Gasteiger partial charge on any atom is -0.441 e. The number of aryl methyl sites for hydroxylation is 1. The van der Waals surface area contributed by atoms with E-state index in [0.717, 1.165) is 15.3 Å². The van der Waals surface area contributed by atoms with Crippen LogP contribution in [0.1, 0.15) is 16.2 Å². The Kier molecular flexibility index (Phi) is 4.01. The van der Waals surface area contributed by atoms with E-state index in [1.165, 1.54) is 23.5 Å². The van der Waals surface area contributed by atoms with Crippen LogP contribution in [0.5, 0.6) is 0 Å². The zero-order chi connectivity index (χ0) is 18.4. The number of fused-ring (bicyclic) bond motifs is 1. The van der Waals surface area contributed by atoms with Gasteiger partial charge in [0.15, 0.2) is 11.5 Å². The fourth-order valence-corrected chi connectivity index (χ4v) is 4.11. The van der Waals surface area contributed by atoms with Crippen molar-refractivity contribution in [1.29, 1.82) is 0 Å². The van der Waals surface area contributed by atoms with Gasteiger partial charge in [0.1, 0.15) is 11.3 Å². The maximum atomic E-state index is 14.0. The van der Waals surface area contributed by atoms with E-state index in [-0.39, 0.29) is 5.56 Å². The van der Waals surface area contributed by atoms with Crippen molar-refractivity contribution < 1.29 is 13.6 Å². The van der Waals surface area contributed by atoms with Gasteiger partial charge in [-0.2, -0.15) is 0 Å². The Morgan fingerprint density at radius 3 is 2.69 bits per heavy atom. The fourth-order valence-electron chi connectivity index (χ4n) is 2.76. The van der Waals surface area contributed by atoms with Gasteiger partial charge in [0.25, 0.3) is 5.91 Å². The highest BCUT2D eigenvalue weighted by molar-refractivity contribution is 7.18. The summed E-state index contributed by atoms with van der Waals surface area (Å²) >= 11 is 7.86. The van der Waals surface area contributed by atoms with Crippen molar-refractivity contribution in [3.05, 3.63) is 64.8 Å². The number of hydrogen-bond donors (Lipinski definition) is 1. The van der Waals surface area contributed by atoms with Crippen LogP contribution in [0.3, 0.4) is 0 Å². The first-order valence-electron chi connectivity index (χ1n) is 7.69. The van der Waals surface area contributed by atoms with E-state index in [1.807, 2.05) is 18.2 Å². The number of aromatic nitrogens is 1. The molecule has 4 rings (SSSR count). The first-order valence-corrected chi connectivity index (χ1v) is 8.88. The van der Waals surface area contributed by atoms with Gasteiger partial charge in [0.2, 0.25) is 0 Å². The number of nitrogens with zero attached hydrogens (tertiary/aromatic N) is 1. The molecule has 2 aromatic carbocycles. The number of benzene rings is 2. The summed E-state index contributed by atoms with van der Waals surface area (Å²) in [7, 11) is 0. The van der Waals surface area contributed by atoms with Crippen LogP contribution in [0.4, 0.5) is 4.39 Å². The molecule has 2 aromatic heterocycles. The molecule has 4 nitrogen and oxygen atoms in total. The molecule has 26 heavy (non-hydrogen) atoms. The molecule has 130 valence electrons. The molecule has 7 heteroatoms. The Bertz CT molecular complexity index is 1170. The minimum absolute atomic E-state index is 0.125. The van der Waals surface area contributed by atoms with Crippen molar-refractivity contribution in [2.24, 2.45) is 5.73 Å². The normalized spacial score (nSPS) is 11.2. The van der Waals surface area contributed by atoms with Gasteiger partial charge >= 0.3 is 0 Å². The molecule has 0 spiro atoms. The quantitative estimate of drug-likeness (QED) is 0.511. The average Bonchev–Trinajstić information content (AvgIpc) is 3.19. The van der Waals surface area contributed by atoms with E-state index in [4.69, 9.17) is 21.8 Å². The third-order valence-electron chi connectivity index (χ3n) is 3.97. The van der Waals surface area contributed by atoms with Crippen LogP contribution in [-0.2, 0) is 0 Å². The van der Waals surface area contributed by atoms with Crippen LogP contribution in [-0.4, -0.2) is 10.9 Å². The van der Waals surface area contributed by atoms with Crippen LogP contribution in [0.25, 0.3) is 32.0 Å². The summed E-state index contributed by atoms with van der Waals surface area (Å²) in [6.45, 7) is 1.78. The number of primary amides is 1. The summed E-state index contributed by atoms with van der Waals surface area (Å²) < 4.78 is 19.6. The lowest BCUT2D eigenvalue weighted by atomic mass is 10.1. The highest BCUT2D eigenvalue weighted by Crippen LogP contribution is 2.39. The largest absolute Gasteiger partial charge is 0.441 e. The first kappa shape index (κ1) is 16.8. The van der Waals surface area contributed by atoms with Gasteiger partial charge in [-0.25, -0.2) is 9.37 Å². The number of oxazole rings is 1. The Hall–Kier alpha value is -2.70. The van der Waals surface area contributed by atoms with E-state index in [0.29, 0.717) is 27.6 Å². The molecular weight excluding hydrogens is 375 g/mol. The van der Waals surface area contributed by atoms with E-state index in [2.05, 4.69) is 4.98 Å². The molecule has 0 saturated carbocycles. The molecule has 2 N–H and O–H groups in total. The third-order valence-corrected chi connectivity index (χ3v) is 5.46. The standard InChI is InChI=1S/C19H12ClFN2O2S/c1-9-23-15-8-13(20)12(7-16(15)25-9)18-5-4-17(26-18)10-2-3-11(19(22)24)14(21)6-10/h2-8H,1H3,(H2,22,24). The molecule has 0 unspecified atom stereocenters. The van der Waals surface area contributed by atoms with Gasteiger partial charge in [-0.1, -0.05) is 17.7 Å². The van der Waals surface area contributed by atoms with Gasteiger partial charge in [-0.3, -0.25) is 4.79 Å². The predicted molar refractivity (Wildman–Crippen MR) is 101 cm³/mol. The second-order valence-electron chi connectivity index (χ2n) is 5.76. The van der Waals surface area contributed by atoms with Gasteiger partial charge in [0.05, 0.1) is 10.6 Å². The van der Waals surface area contributed by atoms with Crippen LogP contribution in [0, 0.1) is 12.7 Å². The van der Waals surface area contributed by atoms with E-state index < -0.39 is 11.7 Å². The van der Waals surface area contributed by atoms with Crippen molar-refractivity contribution in [2.75, 3.05) is 0 Å². The van der Waals surface area contributed by atoms with E-state index >= 15 is 0 Å². The second kappa shape index (κ2) is 6.23. The summed E-state index contributed by atoms with van der Waals surface area (Å²) in [6.07, 6.45) is 0. The number of carbonyl (C=O) groups is 1. The van der Waals surface area contributed by atoms with E-state index in [9.17, 15) is 9.18 Å². The first-order chi connectivity index (χ1) is 12.4. The highest BCUT2D eigenvalue weighted by Gasteiger charge is 2.14. The Labute approximate surface area is 157 Å². The lowest BCUT2D eigenvalue weighted by molar-refractivity contribution is 0.0996. The maximum absolute atomic E-state index is 14.0. The van der Waals surface area contributed by atoms with Crippen molar-refractivity contribution in [3.8, 4) is 20.9 Å². The number of halogens is 2. The molecule has 0 saturated heterocycles. The van der Waals surface area contributed by atoms with E-state index in [1.54, 1.807) is 19.1 Å². The topological polar surface area (TPSA) is 69.1 Å². The Balaban J connectivity index is 1.75. The van der Waals surface area contributed by atoms with Gasteiger partial charge < -0.3 is 10.2 Å². The van der Waals surface area contributed by atoms with Gasteiger partial charge in [0, 0.05) is 22.2 Å². The molecule has 0 radical (unpaired) electrons. The van der Waals surface area contributed by atoms with Crippen molar-refractivity contribution in [3.63, 3.8) is 0 Å². The Morgan fingerprint density at radius 1 is 1.19 bits per heavy atom. The van der Waals surface area contributed by atoms with Gasteiger partial charge in [-0.15, -0.1) is 11.3 Å². The zero-order valence-electron chi connectivity index (χ0n) is 13.5. The SMILES string of the molecule is Cc1nc2cc(Cl)c(-c3ccc(-c4ccc(C(N)=O)c(F)c4)s3)cc2o1. The van der Waals surface area contributed by atoms with Crippen LogP contribution in [0.15, 0.2) is 46.9 Å². The van der Waals surface area contributed by atoms with Crippen molar-refractivity contribution in [1.82, 2.24) is 4.98 Å². The summed E-state index contributed by atoms with van der Waals surface area (Å²) in [5, 5.41) is 0.564. The minimum atomic E-state index is -0.789. The van der Waals surface area contributed by atoms with Crippen molar-refractivity contribution >= 4 is 39.9 Å². The summed E-state index contributed by atoms with van der Waals surface area (Å²) in [6, 6.07) is 11.8. The highest BCUT2D eigenvalue weighted by atomic mass is 35.5. The lowest BCUT2D eigenvalue weighted by Gasteiger charge is -2.03.